The predicted octanol–water partition coefficient (Wildman–Crippen LogP) is 3.56. The molecule has 0 fully saturated rings. The van der Waals surface area contributed by atoms with Gasteiger partial charge in [0.15, 0.2) is 0 Å². The third-order valence-corrected chi connectivity index (χ3v) is 4.26. The van der Waals surface area contributed by atoms with E-state index in [1.165, 1.54) is 11.1 Å². The average Bonchev–Trinajstić information content (AvgIpc) is 2.83. The van der Waals surface area contributed by atoms with E-state index in [2.05, 4.69) is 67.5 Å². The van der Waals surface area contributed by atoms with Crippen LogP contribution in [0.5, 0.6) is 0 Å². The molecule has 21 heavy (non-hydrogen) atoms. The van der Waals surface area contributed by atoms with Crippen LogP contribution < -0.4 is 5.32 Å². The molecule has 1 aromatic carbocycles. The molecule has 0 aliphatic carbocycles. The summed E-state index contributed by atoms with van der Waals surface area (Å²) in [6.07, 6.45) is 2.98. The first-order valence-electron chi connectivity index (χ1n) is 7.54. The van der Waals surface area contributed by atoms with Crippen LogP contribution in [0.15, 0.2) is 24.3 Å². The van der Waals surface area contributed by atoms with Gasteiger partial charge in [-0.2, -0.15) is 0 Å². The molecule has 0 bridgehead atoms. The van der Waals surface area contributed by atoms with Crippen molar-refractivity contribution in [3.63, 3.8) is 0 Å². The molecule has 0 aliphatic heterocycles. The van der Waals surface area contributed by atoms with Crippen LogP contribution in [-0.2, 0) is 19.3 Å². The summed E-state index contributed by atoms with van der Waals surface area (Å²) in [6.45, 7) is 9.63. The van der Waals surface area contributed by atoms with E-state index in [4.69, 9.17) is 0 Å². The number of nitrogens with one attached hydrogen (secondary N) is 1. The fourth-order valence-electron chi connectivity index (χ4n) is 2.15. The molecule has 2 rings (SSSR count). The molecule has 0 saturated carbocycles. The van der Waals surface area contributed by atoms with Crippen LogP contribution in [0.25, 0.3) is 0 Å². The number of rotatable bonds is 6. The van der Waals surface area contributed by atoms with E-state index < -0.39 is 0 Å². The summed E-state index contributed by atoms with van der Waals surface area (Å²) in [5, 5.41) is 14.4. The number of nitrogens with zero attached hydrogens (tertiary/aromatic N) is 2. The summed E-state index contributed by atoms with van der Waals surface area (Å²) in [6, 6.07) is 8.68. The van der Waals surface area contributed by atoms with Gasteiger partial charge >= 0.3 is 0 Å². The molecule has 1 heterocycles. The fourth-order valence-corrected chi connectivity index (χ4v) is 3.00. The Morgan fingerprint density at radius 3 is 2.43 bits per heavy atom. The van der Waals surface area contributed by atoms with Crippen LogP contribution in [-0.4, -0.2) is 22.3 Å². The molecule has 0 atom stereocenters. The maximum Gasteiger partial charge on any atom is 0.118 e. The van der Waals surface area contributed by atoms with Crippen LogP contribution in [0.1, 0.15) is 41.9 Å². The summed E-state index contributed by atoms with van der Waals surface area (Å²) in [4.78, 5) is 0. The highest BCUT2D eigenvalue weighted by atomic mass is 32.1. The third-order valence-electron chi connectivity index (χ3n) is 3.21. The summed E-state index contributed by atoms with van der Waals surface area (Å²) in [5.41, 5.74) is 2.86. The zero-order chi connectivity index (χ0) is 15.3. The lowest BCUT2D eigenvalue weighted by atomic mass is 10.1. The van der Waals surface area contributed by atoms with E-state index in [-0.39, 0.29) is 5.54 Å². The smallest absolute Gasteiger partial charge is 0.118 e. The highest BCUT2D eigenvalue weighted by Crippen LogP contribution is 2.14. The highest BCUT2D eigenvalue weighted by Gasteiger charge is 2.09. The molecule has 0 amide bonds. The van der Waals surface area contributed by atoms with Crippen LogP contribution in [0.2, 0.25) is 0 Å². The highest BCUT2D eigenvalue weighted by molar-refractivity contribution is 7.11. The minimum atomic E-state index is 0.165. The van der Waals surface area contributed by atoms with Crippen molar-refractivity contribution in [1.82, 2.24) is 15.5 Å². The van der Waals surface area contributed by atoms with Gasteiger partial charge in [0.1, 0.15) is 10.0 Å². The Balaban J connectivity index is 1.80. The molecule has 114 valence electrons. The molecule has 3 nitrogen and oxygen atoms in total. The van der Waals surface area contributed by atoms with Gasteiger partial charge in [0.2, 0.25) is 0 Å². The Labute approximate surface area is 131 Å². The van der Waals surface area contributed by atoms with Gasteiger partial charge in [-0.15, -0.1) is 21.5 Å². The maximum atomic E-state index is 4.31. The van der Waals surface area contributed by atoms with Gasteiger partial charge in [-0.1, -0.05) is 29.8 Å². The van der Waals surface area contributed by atoms with E-state index in [0.717, 1.165) is 35.8 Å². The van der Waals surface area contributed by atoms with Gasteiger partial charge in [0, 0.05) is 24.9 Å². The van der Waals surface area contributed by atoms with Crippen molar-refractivity contribution in [3.05, 3.63) is 45.4 Å². The van der Waals surface area contributed by atoms with Crippen LogP contribution in [0, 0.1) is 6.92 Å². The average molecular weight is 303 g/mol. The number of benzene rings is 1. The topological polar surface area (TPSA) is 37.8 Å². The first-order valence-corrected chi connectivity index (χ1v) is 8.36. The Kier molecular flexibility index (Phi) is 5.48. The zero-order valence-corrected chi connectivity index (χ0v) is 14.3. The molecule has 1 N–H and O–H groups in total. The van der Waals surface area contributed by atoms with Crippen LogP contribution in [0.4, 0.5) is 0 Å². The lowest BCUT2D eigenvalue weighted by Crippen LogP contribution is -2.37. The van der Waals surface area contributed by atoms with Crippen LogP contribution >= 0.6 is 11.3 Å². The van der Waals surface area contributed by atoms with E-state index in [1.807, 2.05) is 0 Å². The second-order valence-corrected chi connectivity index (χ2v) is 7.65. The monoisotopic (exact) mass is 303 g/mol. The van der Waals surface area contributed by atoms with Gasteiger partial charge in [0.25, 0.3) is 0 Å². The number of aryl methyl sites for hydroxylation is 3. The standard InChI is InChI=1S/C17H25N3S/c1-13-6-5-7-14(12-13)8-9-15-19-20-16(21-15)10-11-18-17(2,3)4/h5-7,12,18H,8-11H2,1-4H3. The van der Waals surface area contributed by atoms with Gasteiger partial charge in [-0.05, 0) is 39.7 Å². The van der Waals surface area contributed by atoms with Crippen molar-refractivity contribution in [3.8, 4) is 0 Å². The second-order valence-electron chi connectivity index (χ2n) is 6.51. The molecule has 4 heteroatoms. The second kappa shape index (κ2) is 7.14. The van der Waals surface area contributed by atoms with Crippen molar-refractivity contribution < 1.29 is 0 Å². The lowest BCUT2D eigenvalue weighted by molar-refractivity contribution is 0.429. The minimum Gasteiger partial charge on any atom is -0.312 e. The molecule has 0 saturated heterocycles. The predicted molar refractivity (Wildman–Crippen MR) is 90.0 cm³/mol. The first-order chi connectivity index (χ1) is 9.92. The van der Waals surface area contributed by atoms with Gasteiger partial charge in [-0.25, -0.2) is 0 Å². The van der Waals surface area contributed by atoms with Crippen molar-refractivity contribution in [2.45, 2.75) is 52.5 Å². The maximum absolute atomic E-state index is 4.31. The Morgan fingerprint density at radius 1 is 1.05 bits per heavy atom. The van der Waals surface area contributed by atoms with E-state index in [0.29, 0.717) is 0 Å². The van der Waals surface area contributed by atoms with Crippen molar-refractivity contribution >= 4 is 11.3 Å². The zero-order valence-electron chi connectivity index (χ0n) is 13.4. The number of hydrogen-bond acceptors (Lipinski definition) is 4. The van der Waals surface area contributed by atoms with E-state index in [1.54, 1.807) is 11.3 Å². The lowest BCUT2D eigenvalue weighted by Gasteiger charge is -2.19. The van der Waals surface area contributed by atoms with Crippen molar-refractivity contribution in [2.75, 3.05) is 6.54 Å². The summed E-state index contributed by atoms with van der Waals surface area (Å²) < 4.78 is 0. The minimum absolute atomic E-state index is 0.165. The Hall–Kier alpha value is -1.26. The molecule has 0 spiro atoms. The van der Waals surface area contributed by atoms with Gasteiger partial charge in [0.05, 0.1) is 0 Å². The fraction of sp³-hybridized carbons (Fsp3) is 0.529. The van der Waals surface area contributed by atoms with Gasteiger partial charge in [-0.3, -0.25) is 0 Å². The molecule has 1 aromatic heterocycles. The van der Waals surface area contributed by atoms with Crippen molar-refractivity contribution in [2.24, 2.45) is 0 Å². The molecular formula is C17H25N3S. The van der Waals surface area contributed by atoms with Crippen LogP contribution in [0.3, 0.4) is 0 Å². The largest absolute Gasteiger partial charge is 0.312 e. The summed E-state index contributed by atoms with van der Waals surface area (Å²) in [7, 11) is 0. The van der Waals surface area contributed by atoms with E-state index in [9.17, 15) is 0 Å². The number of aromatic nitrogens is 2. The Morgan fingerprint density at radius 2 is 1.76 bits per heavy atom. The third kappa shape index (κ3) is 5.94. The van der Waals surface area contributed by atoms with Gasteiger partial charge < -0.3 is 5.32 Å². The molecule has 0 aliphatic rings. The van der Waals surface area contributed by atoms with E-state index >= 15 is 0 Å². The quantitative estimate of drug-likeness (QED) is 0.886. The molecule has 0 radical (unpaired) electrons. The Bertz CT molecular complexity index is 569. The molecule has 2 aromatic rings. The summed E-state index contributed by atoms with van der Waals surface area (Å²) >= 11 is 1.74. The normalized spacial score (nSPS) is 11.8. The first kappa shape index (κ1) is 16.1. The number of hydrogen-bond donors (Lipinski definition) is 1. The van der Waals surface area contributed by atoms with Crippen molar-refractivity contribution in [1.29, 1.82) is 0 Å². The SMILES string of the molecule is Cc1cccc(CCc2nnc(CCNC(C)(C)C)s2)c1. The molecule has 0 unspecified atom stereocenters. The molecular weight excluding hydrogens is 278 g/mol. The summed E-state index contributed by atoms with van der Waals surface area (Å²) in [5.74, 6) is 0.